The van der Waals surface area contributed by atoms with Crippen molar-refractivity contribution in [2.45, 2.75) is 85.0 Å². The molecule has 8 heteroatoms. The van der Waals surface area contributed by atoms with E-state index in [1.807, 2.05) is 13.8 Å². The molecule has 228 valence electrons. The van der Waals surface area contributed by atoms with E-state index in [1.54, 1.807) is 0 Å². The van der Waals surface area contributed by atoms with Crippen LogP contribution < -0.4 is 4.74 Å². The zero-order valence-corrected chi connectivity index (χ0v) is 25.5. The Morgan fingerprint density at radius 2 is 1.93 bits per heavy atom. The molecule has 0 amide bonds. The van der Waals surface area contributed by atoms with Crippen LogP contribution in [0, 0.1) is 0 Å². The van der Waals surface area contributed by atoms with Crippen molar-refractivity contribution in [2.24, 2.45) is 0 Å². The zero-order valence-electron chi connectivity index (χ0n) is 25.5. The summed E-state index contributed by atoms with van der Waals surface area (Å²) in [4.78, 5) is 13.7. The van der Waals surface area contributed by atoms with Crippen LogP contribution in [0.4, 0.5) is 0 Å². The Bertz CT molecular complexity index is 1560. The van der Waals surface area contributed by atoms with Gasteiger partial charge in [0, 0.05) is 36.3 Å². The van der Waals surface area contributed by atoms with Crippen LogP contribution in [0.15, 0.2) is 36.4 Å². The van der Waals surface area contributed by atoms with E-state index in [4.69, 9.17) is 18.9 Å². The number of nitrogens with one attached hydrogen (secondary N) is 1. The fourth-order valence-corrected chi connectivity index (χ4v) is 6.70. The fourth-order valence-electron chi connectivity index (χ4n) is 6.70. The van der Waals surface area contributed by atoms with Gasteiger partial charge >= 0.3 is 5.97 Å². The maximum Gasteiger partial charge on any atom is 0.355 e. The SMILES string of the molecule is CCOCc1n[nH]c2c1-c1cccc3c(CCCOc4cccc5c4CCCC5)c(C(=O)OCC)n(c13)CCCCOC2. The minimum absolute atomic E-state index is 0.272. The summed E-state index contributed by atoms with van der Waals surface area (Å²) in [6.07, 6.45) is 7.97. The third kappa shape index (κ3) is 6.08. The highest BCUT2D eigenvalue weighted by molar-refractivity contribution is 6.04. The number of esters is 1. The minimum atomic E-state index is -0.272. The summed E-state index contributed by atoms with van der Waals surface area (Å²) < 4.78 is 26.1. The highest BCUT2D eigenvalue weighted by atomic mass is 16.5. The molecule has 0 saturated carbocycles. The molecule has 8 nitrogen and oxygen atoms in total. The molecule has 2 aliphatic rings. The van der Waals surface area contributed by atoms with E-state index in [1.165, 1.54) is 24.0 Å². The molecule has 6 rings (SSSR count). The number of H-pyrrole nitrogens is 1. The summed E-state index contributed by atoms with van der Waals surface area (Å²) in [6, 6.07) is 12.8. The van der Waals surface area contributed by atoms with Crippen LogP contribution in [0.25, 0.3) is 22.0 Å². The van der Waals surface area contributed by atoms with Gasteiger partial charge in [0.1, 0.15) is 11.4 Å². The summed E-state index contributed by atoms with van der Waals surface area (Å²) in [6.45, 7) is 7.56. The van der Waals surface area contributed by atoms with Crippen molar-refractivity contribution in [1.29, 1.82) is 0 Å². The monoisotopic (exact) mass is 585 g/mol. The number of hydrogen-bond acceptors (Lipinski definition) is 6. The Balaban J connectivity index is 1.39. The lowest BCUT2D eigenvalue weighted by atomic mass is 9.91. The molecule has 1 aliphatic carbocycles. The quantitative estimate of drug-likeness (QED) is 0.160. The van der Waals surface area contributed by atoms with E-state index < -0.39 is 0 Å². The summed E-state index contributed by atoms with van der Waals surface area (Å²) in [5.41, 5.74) is 9.31. The second kappa shape index (κ2) is 13.8. The smallest absolute Gasteiger partial charge is 0.355 e. The largest absolute Gasteiger partial charge is 0.493 e. The maximum atomic E-state index is 13.7. The molecule has 4 aromatic rings. The van der Waals surface area contributed by atoms with Gasteiger partial charge < -0.3 is 23.5 Å². The van der Waals surface area contributed by atoms with E-state index >= 15 is 0 Å². The zero-order chi connectivity index (χ0) is 29.6. The van der Waals surface area contributed by atoms with E-state index in [0.29, 0.717) is 58.3 Å². The number of nitrogens with zero attached hydrogens (tertiary/aromatic N) is 2. The number of para-hydroxylation sites is 1. The van der Waals surface area contributed by atoms with Crippen LogP contribution >= 0.6 is 0 Å². The Hall–Kier alpha value is -3.62. The molecular formula is C35H43N3O5. The molecule has 2 aromatic heterocycles. The first kappa shape index (κ1) is 29.5. The van der Waals surface area contributed by atoms with Crippen LogP contribution in [-0.2, 0) is 53.2 Å². The van der Waals surface area contributed by atoms with E-state index in [2.05, 4.69) is 51.2 Å². The number of rotatable bonds is 10. The lowest BCUT2D eigenvalue weighted by Gasteiger charge is -2.19. The van der Waals surface area contributed by atoms with E-state index in [-0.39, 0.29) is 5.97 Å². The van der Waals surface area contributed by atoms with Gasteiger partial charge in [-0.25, -0.2) is 4.79 Å². The first-order valence-corrected chi connectivity index (χ1v) is 16.0. The van der Waals surface area contributed by atoms with Gasteiger partial charge in [0.15, 0.2) is 0 Å². The molecule has 43 heavy (non-hydrogen) atoms. The minimum Gasteiger partial charge on any atom is -0.493 e. The van der Waals surface area contributed by atoms with Crippen LogP contribution in [0.2, 0.25) is 0 Å². The lowest BCUT2D eigenvalue weighted by molar-refractivity contribution is 0.0512. The second-order valence-electron chi connectivity index (χ2n) is 11.4. The number of aryl methyl sites for hydroxylation is 3. The van der Waals surface area contributed by atoms with Gasteiger partial charge in [-0.15, -0.1) is 0 Å². The van der Waals surface area contributed by atoms with Crippen molar-refractivity contribution in [3.05, 3.63) is 70.2 Å². The summed E-state index contributed by atoms with van der Waals surface area (Å²) in [7, 11) is 0. The molecule has 1 N–H and O–H groups in total. The average molecular weight is 586 g/mol. The number of benzene rings is 2. The van der Waals surface area contributed by atoms with Gasteiger partial charge in [0.2, 0.25) is 0 Å². The molecule has 0 atom stereocenters. The van der Waals surface area contributed by atoms with Crippen LogP contribution in [0.1, 0.15) is 84.5 Å². The molecule has 0 bridgehead atoms. The summed E-state index contributed by atoms with van der Waals surface area (Å²) in [5.74, 6) is 0.740. The van der Waals surface area contributed by atoms with Crippen LogP contribution in [0.3, 0.4) is 0 Å². The molecule has 0 unspecified atom stereocenters. The molecule has 1 aliphatic heterocycles. The highest BCUT2D eigenvalue weighted by Crippen LogP contribution is 2.39. The molecule has 3 heterocycles. The van der Waals surface area contributed by atoms with E-state index in [9.17, 15) is 4.79 Å². The number of fused-ring (bicyclic) bond motifs is 3. The predicted molar refractivity (Wildman–Crippen MR) is 167 cm³/mol. The number of hydrogen-bond donors (Lipinski definition) is 1. The van der Waals surface area contributed by atoms with Crippen molar-refractivity contribution in [3.63, 3.8) is 0 Å². The van der Waals surface area contributed by atoms with Crippen LogP contribution in [-0.4, -0.2) is 47.2 Å². The number of aromatic amines is 1. The number of carbonyl (C=O) groups is 1. The molecule has 0 radical (unpaired) electrons. The van der Waals surface area contributed by atoms with E-state index in [0.717, 1.165) is 76.8 Å². The third-order valence-corrected chi connectivity index (χ3v) is 8.63. The van der Waals surface area contributed by atoms with Crippen molar-refractivity contribution in [1.82, 2.24) is 14.8 Å². The Morgan fingerprint density at radius 1 is 1.05 bits per heavy atom. The second-order valence-corrected chi connectivity index (χ2v) is 11.4. The van der Waals surface area contributed by atoms with Gasteiger partial charge in [0.25, 0.3) is 0 Å². The number of carbonyl (C=O) groups excluding carboxylic acids is 1. The third-order valence-electron chi connectivity index (χ3n) is 8.63. The van der Waals surface area contributed by atoms with Gasteiger partial charge in [0.05, 0.1) is 43.3 Å². The first-order chi connectivity index (χ1) is 21.2. The van der Waals surface area contributed by atoms with Gasteiger partial charge in [-0.3, -0.25) is 5.10 Å². The molecule has 0 spiro atoms. The highest BCUT2D eigenvalue weighted by Gasteiger charge is 2.28. The summed E-state index contributed by atoms with van der Waals surface area (Å²) in [5, 5.41) is 8.92. The molecule has 0 saturated heterocycles. The van der Waals surface area contributed by atoms with Gasteiger partial charge in [-0.2, -0.15) is 5.10 Å². The van der Waals surface area contributed by atoms with Crippen molar-refractivity contribution in [3.8, 4) is 16.9 Å². The standard InChI is InChI=1S/C35H43N3O5/c1-3-40-22-29-32-28-16-10-15-26-27(17-11-21-43-31-18-9-13-24-12-5-6-14-25(24)31)34(35(39)42-4-2)38(33(26)28)19-7-8-20-41-23-30(32)37-36-29/h9-10,13,15-16,18H,3-8,11-12,14,17,19-23H2,1-2H3,(H,36,37). The maximum absolute atomic E-state index is 13.7. The average Bonchev–Trinajstić information content (AvgIpc) is 3.57. The molecular weight excluding hydrogens is 542 g/mol. The Labute approximate surface area is 253 Å². The Kier molecular flexibility index (Phi) is 9.44. The number of aromatic nitrogens is 3. The lowest BCUT2D eigenvalue weighted by Crippen LogP contribution is -2.15. The van der Waals surface area contributed by atoms with Gasteiger partial charge in [-0.1, -0.05) is 30.3 Å². The van der Waals surface area contributed by atoms with Crippen LogP contribution in [0.5, 0.6) is 5.75 Å². The molecule has 2 aromatic carbocycles. The van der Waals surface area contributed by atoms with Crippen molar-refractivity contribution < 1.29 is 23.7 Å². The topological polar surface area (TPSA) is 87.6 Å². The predicted octanol–water partition coefficient (Wildman–Crippen LogP) is 6.95. The van der Waals surface area contributed by atoms with Gasteiger partial charge in [-0.05, 0) is 88.0 Å². The number of ether oxygens (including phenoxy) is 4. The first-order valence-electron chi connectivity index (χ1n) is 16.0. The summed E-state index contributed by atoms with van der Waals surface area (Å²) >= 11 is 0. The fraction of sp³-hybridized carbons (Fsp3) is 0.486. The van der Waals surface area contributed by atoms with Crippen molar-refractivity contribution >= 4 is 16.9 Å². The Morgan fingerprint density at radius 3 is 2.81 bits per heavy atom. The normalized spacial score (nSPS) is 15.0. The van der Waals surface area contributed by atoms with Crippen molar-refractivity contribution in [2.75, 3.05) is 26.4 Å². The molecule has 0 fully saturated rings.